The van der Waals surface area contributed by atoms with Gasteiger partial charge in [0.25, 0.3) is 0 Å². The Morgan fingerprint density at radius 1 is 1.50 bits per heavy atom. The Hall–Kier alpha value is -1.97. The van der Waals surface area contributed by atoms with E-state index in [0.29, 0.717) is 11.1 Å². The van der Waals surface area contributed by atoms with E-state index < -0.39 is 10.0 Å². The van der Waals surface area contributed by atoms with Gasteiger partial charge >= 0.3 is 0 Å². The quantitative estimate of drug-likeness (QED) is 0.640. The molecule has 18 heavy (non-hydrogen) atoms. The Morgan fingerprint density at radius 3 is 2.89 bits per heavy atom. The summed E-state index contributed by atoms with van der Waals surface area (Å²) in [5, 5.41) is 0.568. The van der Waals surface area contributed by atoms with Crippen molar-refractivity contribution in [1.82, 2.24) is 9.29 Å². The minimum Gasteiger partial charge on any atom is -0.399 e. The van der Waals surface area contributed by atoms with Gasteiger partial charge in [-0.2, -0.15) is 4.31 Å². The highest BCUT2D eigenvalue weighted by atomic mass is 32.2. The van der Waals surface area contributed by atoms with Crippen molar-refractivity contribution in [1.29, 1.82) is 0 Å². The zero-order valence-electron chi connectivity index (χ0n) is 9.84. The van der Waals surface area contributed by atoms with Crippen LogP contribution in [-0.2, 0) is 10.0 Å². The molecule has 0 fully saturated rings. The Bertz CT molecular complexity index is 725. The summed E-state index contributed by atoms with van der Waals surface area (Å²) in [7, 11) is -2.15. The molecule has 0 aliphatic heterocycles. The van der Waals surface area contributed by atoms with Crippen molar-refractivity contribution in [2.75, 3.05) is 19.3 Å². The van der Waals surface area contributed by atoms with E-state index in [0.717, 1.165) is 9.82 Å². The van der Waals surface area contributed by atoms with Gasteiger partial charge in [-0.15, -0.1) is 6.42 Å². The minimum absolute atomic E-state index is 0.0251. The lowest BCUT2D eigenvalue weighted by atomic mass is 10.2. The van der Waals surface area contributed by atoms with E-state index >= 15 is 0 Å². The molecule has 0 saturated heterocycles. The molecule has 5 nitrogen and oxygen atoms in total. The summed E-state index contributed by atoms with van der Waals surface area (Å²) in [6.07, 6.45) is 6.58. The van der Waals surface area contributed by atoms with E-state index in [1.807, 2.05) is 0 Å². The van der Waals surface area contributed by atoms with E-state index in [4.69, 9.17) is 12.2 Å². The topological polar surface area (TPSA) is 79.2 Å². The fourth-order valence-electron chi connectivity index (χ4n) is 1.71. The van der Waals surface area contributed by atoms with Crippen molar-refractivity contribution in [3.8, 4) is 12.3 Å². The van der Waals surface area contributed by atoms with Gasteiger partial charge in [-0.25, -0.2) is 8.42 Å². The molecule has 1 heterocycles. The van der Waals surface area contributed by atoms with Crippen LogP contribution in [-0.4, -0.2) is 31.3 Å². The molecular formula is C12H13N3O2S. The second-order valence-corrected chi connectivity index (χ2v) is 5.94. The number of aromatic amines is 1. The molecule has 94 valence electrons. The number of nitrogens with one attached hydrogen (secondary N) is 1. The number of fused-ring (bicyclic) bond motifs is 1. The molecular weight excluding hydrogens is 250 g/mol. The van der Waals surface area contributed by atoms with Crippen molar-refractivity contribution in [3.63, 3.8) is 0 Å². The van der Waals surface area contributed by atoms with Crippen molar-refractivity contribution < 1.29 is 8.42 Å². The first-order valence-electron chi connectivity index (χ1n) is 5.23. The summed E-state index contributed by atoms with van der Waals surface area (Å²) in [4.78, 5) is 3.09. The van der Waals surface area contributed by atoms with Gasteiger partial charge in [-0.05, 0) is 18.2 Å². The van der Waals surface area contributed by atoms with Crippen LogP contribution in [0.15, 0.2) is 29.3 Å². The molecule has 0 atom stereocenters. The average Bonchev–Trinajstić information content (AvgIpc) is 2.72. The van der Waals surface area contributed by atoms with Crippen molar-refractivity contribution in [2.24, 2.45) is 0 Å². The number of anilines is 1. The standard InChI is InChI=1S/C12H13N3O2S/c1-3-6-15(2)18(16,17)12-8-14-11-5-4-9(13)7-10(11)12/h1,4-5,7-8,14H,6,13H2,2H3. The van der Waals surface area contributed by atoms with Crippen LogP contribution in [0.4, 0.5) is 5.69 Å². The number of H-pyrrole nitrogens is 1. The molecule has 2 aromatic rings. The lowest BCUT2D eigenvalue weighted by molar-refractivity contribution is 0.504. The maximum Gasteiger partial charge on any atom is 0.245 e. The van der Waals surface area contributed by atoms with Crippen LogP contribution in [0.2, 0.25) is 0 Å². The fourth-order valence-corrected chi connectivity index (χ4v) is 2.94. The van der Waals surface area contributed by atoms with Gasteiger partial charge in [-0.3, -0.25) is 0 Å². The molecule has 1 aromatic heterocycles. The molecule has 6 heteroatoms. The Morgan fingerprint density at radius 2 is 2.22 bits per heavy atom. The van der Waals surface area contributed by atoms with E-state index in [9.17, 15) is 8.42 Å². The molecule has 1 aromatic carbocycles. The first kappa shape index (κ1) is 12.5. The van der Waals surface area contributed by atoms with Crippen LogP contribution >= 0.6 is 0 Å². The predicted molar refractivity (Wildman–Crippen MR) is 71.4 cm³/mol. The van der Waals surface area contributed by atoms with Gasteiger partial charge in [-0.1, -0.05) is 5.92 Å². The Kier molecular flexibility index (Phi) is 3.03. The zero-order chi connectivity index (χ0) is 13.3. The van der Waals surface area contributed by atoms with Crippen LogP contribution < -0.4 is 5.73 Å². The highest BCUT2D eigenvalue weighted by molar-refractivity contribution is 7.89. The average molecular weight is 263 g/mol. The summed E-state index contributed by atoms with van der Waals surface area (Å²) in [5.74, 6) is 2.31. The first-order valence-corrected chi connectivity index (χ1v) is 6.67. The first-order chi connectivity index (χ1) is 8.46. The number of hydrogen-bond acceptors (Lipinski definition) is 3. The van der Waals surface area contributed by atoms with Crippen LogP contribution in [0, 0.1) is 12.3 Å². The van der Waals surface area contributed by atoms with E-state index in [1.54, 1.807) is 18.2 Å². The fraction of sp³-hybridized carbons (Fsp3) is 0.167. The molecule has 3 N–H and O–H groups in total. The maximum atomic E-state index is 12.3. The van der Waals surface area contributed by atoms with Crippen LogP contribution in [0.3, 0.4) is 0 Å². The van der Waals surface area contributed by atoms with Crippen molar-refractivity contribution in [3.05, 3.63) is 24.4 Å². The Labute approximate surface area is 106 Å². The number of nitrogens with zero attached hydrogens (tertiary/aromatic N) is 1. The van der Waals surface area contributed by atoms with Gasteiger partial charge < -0.3 is 10.7 Å². The molecule has 0 aliphatic carbocycles. The summed E-state index contributed by atoms with van der Waals surface area (Å²) in [6.45, 7) is 0.0251. The number of benzene rings is 1. The highest BCUT2D eigenvalue weighted by Gasteiger charge is 2.23. The van der Waals surface area contributed by atoms with E-state index in [-0.39, 0.29) is 11.4 Å². The van der Waals surface area contributed by atoms with Gasteiger partial charge in [0.05, 0.1) is 6.54 Å². The molecule has 0 bridgehead atoms. The van der Waals surface area contributed by atoms with Gasteiger partial charge in [0, 0.05) is 29.8 Å². The monoisotopic (exact) mass is 263 g/mol. The third-order valence-electron chi connectivity index (χ3n) is 2.67. The molecule has 0 amide bonds. The summed E-state index contributed by atoms with van der Waals surface area (Å²) in [6, 6.07) is 5.08. The summed E-state index contributed by atoms with van der Waals surface area (Å²) in [5.41, 5.74) is 6.91. The van der Waals surface area contributed by atoms with Crippen molar-refractivity contribution in [2.45, 2.75) is 4.90 Å². The smallest absolute Gasteiger partial charge is 0.245 e. The molecule has 0 radical (unpaired) electrons. The highest BCUT2D eigenvalue weighted by Crippen LogP contribution is 2.26. The summed E-state index contributed by atoms with van der Waals surface area (Å²) < 4.78 is 25.7. The van der Waals surface area contributed by atoms with Crippen LogP contribution in [0.5, 0.6) is 0 Å². The second kappa shape index (κ2) is 4.37. The number of nitrogen functional groups attached to an aromatic ring is 1. The summed E-state index contributed by atoms with van der Waals surface area (Å²) >= 11 is 0. The third-order valence-corrected chi connectivity index (χ3v) is 4.51. The van der Waals surface area contributed by atoms with Gasteiger partial charge in [0.2, 0.25) is 10.0 Å². The van der Waals surface area contributed by atoms with Crippen LogP contribution in [0.1, 0.15) is 0 Å². The molecule has 0 unspecified atom stereocenters. The number of terminal acetylenes is 1. The number of aromatic nitrogens is 1. The molecule has 0 spiro atoms. The third kappa shape index (κ3) is 1.94. The molecule has 0 saturated carbocycles. The molecule has 2 rings (SSSR count). The zero-order valence-corrected chi connectivity index (χ0v) is 10.7. The van der Waals surface area contributed by atoms with Gasteiger partial charge in [0.15, 0.2) is 0 Å². The maximum absolute atomic E-state index is 12.3. The normalized spacial score (nSPS) is 11.8. The van der Waals surface area contributed by atoms with Crippen molar-refractivity contribution >= 4 is 26.6 Å². The van der Waals surface area contributed by atoms with E-state index in [2.05, 4.69) is 10.9 Å². The second-order valence-electron chi connectivity index (χ2n) is 3.92. The van der Waals surface area contributed by atoms with Gasteiger partial charge in [0.1, 0.15) is 4.90 Å². The number of hydrogen-bond donors (Lipinski definition) is 2. The van der Waals surface area contributed by atoms with E-state index in [1.165, 1.54) is 13.2 Å². The lowest BCUT2D eigenvalue weighted by Gasteiger charge is -2.13. The minimum atomic E-state index is -3.60. The number of rotatable bonds is 3. The van der Waals surface area contributed by atoms with Crippen LogP contribution in [0.25, 0.3) is 10.9 Å². The number of nitrogens with two attached hydrogens (primary N) is 1. The Balaban J connectivity index is 2.62. The molecule has 0 aliphatic rings. The lowest BCUT2D eigenvalue weighted by Crippen LogP contribution is -2.27. The largest absolute Gasteiger partial charge is 0.399 e. The predicted octanol–water partition coefficient (Wildman–Crippen LogP) is 1.00. The number of sulfonamides is 1. The SMILES string of the molecule is C#CCN(C)S(=O)(=O)c1c[nH]c2ccc(N)cc12.